The summed E-state index contributed by atoms with van der Waals surface area (Å²) in [6, 6.07) is 13.7. The van der Waals surface area contributed by atoms with Gasteiger partial charge < -0.3 is 20.4 Å². The zero-order valence-corrected chi connectivity index (χ0v) is 15.9. The summed E-state index contributed by atoms with van der Waals surface area (Å²) in [6.45, 7) is 0.0827. The van der Waals surface area contributed by atoms with Crippen LogP contribution in [0.5, 0.6) is 0 Å². The van der Waals surface area contributed by atoms with Crippen LogP contribution in [0.3, 0.4) is 0 Å². The molecule has 0 fully saturated rings. The molecule has 0 heterocycles. The Kier molecular flexibility index (Phi) is 6.54. The Morgan fingerprint density at radius 1 is 0.704 bits per heavy atom. The van der Waals surface area contributed by atoms with Gasteiger partial charge in [0.15, 0.2) is 0 Å². The molecule has 2 rings (SSSR count). The fourth-order valence-corrected chi connectivity index (χ4v) is 2.33. The van der Waals surface area contributed by atoms with Crippen molar-refractivity contribution in [2.24, 2.45) is 0 Å². The lowest BCUT2D eigenvalue weighted by atomic mass is 10.2. The molecule has 0 saturated heterocycles. The first-order valence-corrected chi connectivity index (χ1v) is 8.45. The third-order valence-corrected chi connectivity index (χ3v) is 3.81. The van der Waals surface area contributed by atoms with Gasteiger partial charge in [0.25, 0.3) is 11.8 Å². The zero-order chi connectivity index (χ0) is 20.0. The summed E-state index contributed by atoms with van der Waals surface area (Å²) in [5, 5.41) is 5.77. The minimum atomic E-state index is -0.213. The van der Waals surface area contributed by atoms with E-state index in [1.54, 1.807) is 76.7 Å². The predicted molar refractivity (Wildman–Crippen MR) is 106 cm³/mol. The molecule has 0 saturated carbocycles. The van der Waals surface area contributed by atoms with Crippen molar-refractivity contribution in [2.45, 2.75) is 0 Å². The Bertz CT molecular complexity index is 812. The lowest BCUT2D eigenvalue weighted by Crippen LogP contribution is -2.23. The van der Waals surface area contributed by atoms with Crippen molar-refractivity contribution in [1.82, 2.24) is 9.80 Å². The van der Waals surface area contributed by atoms with Crippen molar-refractivity contribution in [3.8, 4) is 0 Å². The van der Waals surface area contributed by atoms with Gasteiger partial charge in [0.2, 0.25) is 5.91 Å². The van der Waals surface area contributed by atoms with Crippen LogP contribution in [0.2, 0.25) is 0 Å². The molecule has 0 spiro atoms. The highest BCUT2D eigenvalue weighted by Gasteiger charge is 2.09. The van der Waals surface area contributed by atoms with Crippen LogP contribution in [0, 0.1) is 0 Å². The summed E-state index contributed by atoms with van der Waals surface area (Å²) in [7, 11) is 6.77. The van der Waals surface area contributed by atoms with Gasteiger partial charge in [-0.25, -0.2) is 0 Å². The largest absolute Gasteiger partial charge is 0.376 e. The second-order valence-corrected chi connectivity index (χ2v) is 6.46. The monoisotopic (exact) mass is 368 g/mol. The van der Waals surface area contributed by atoms with Crippen LogP contribution in [0.1, 0.15) is 20.7 Å². The molecule has 0 radical (unpaired) electrons. The van der Waals surface area contributed by atoms with E-state index in [4.69, 9.17) is 0 Å². The van der Waals surface area contributed by atoms with Crippen LogP contribution in [0.15, 0.2) is 48.5 Å². The number of nitrogens with zero attached hydrogens (tertiary/aromatic N) is 2. The van der Waals surface area contributed by atoms with Crippen LogP contribution in [-0.2, 0) is 4.79 Å². The standard InChI is InChI=1S/C20H24N4O3/c1-23(2)19(26)14-5-9-16(10-6-14)21-13-18(25)22-17-11-7-15(8-12-17)20(27)24(3)4/h5-12,21H,13H2,1-4H3,(H,22,25). The first-order chi connectivity index (χ1) is 12.8. The summed E-state index contributed by atoms with van der Waals surface area (Å²) in [6.07, 6.45) is 0. The second-order valence-electron chi connectivity index (χ2n) is 6.46. The van der Waals surface area contributed by atoms with Gasteiger partial charge >= 0.3 is 0 Å². The van der Waals surface area contributed by atoms with Gasteiger partial charge in [0.05, 0.1) is 6.54 Å². The van der Waals surface area contributed by atoms with Crippen molar-refractivity contribution in [2.75, 3.05) is 45.4 Å². The molecule has 0 aliphatic rings. The van der Waals surface area contributed by atoms with Gasteiger partial charge in [-0.2, -0.15) is 0 Å². The van der Waals surface area contributed by atoms with E-state index in [2.05, 4.69) is 10.6 Å². The minimum Gasteiger partial charge on any atom is -0.376 e. The van der Waals surface area contributed by atoms with Gasteiger partial charge in [-0.15, -0.1) is 0 Å². The minimum absolute atomic E-state index is 0.0736. The fourth-order valence-electron chi connectivity index (χ4n) is 2.33. The Hall–Kier alpha value is -3.35. The molecule has 2 aromatic rings. The van der Waals surface area contributed by atoms with Gasteiger partial charge in [-0.05, 0) is 48.5 Å². The molecule has 0 aliphatic carbocycles. The molecule has 3 amide bonds. The smallest absolute Gasteiger partial charge is 0.253 e. The number of benzene rings is 2. The van der Waals surface area contributed by atoms with Crippen molar-refractivity contribution >= 4 is 29.1 Å². The summed E-state index contributed by atoms with van der Waals surface area (Å²) in [5.74, 6) is -0.378. The fraction of sp³-hybridized carbons (Fsp3) is 0.250. The molecule has 7 heteroatoms. The second kappa shape index (κ2) is 8.84. The number of hydrogen-bond acceptors (Lipinski definition) is 4. The van der Waals surface area contributed by atoms with Crippen LogP contribution in [0.4, 0.5) is 11.4 Å². The molecule has 0 bridgehead atoms. The van der Waals surface area contributed by atoms with E-state index in [-0.39, 0.29) is 24.3 Å². The van der Waals surface area contributed by atoms with E-state index >= 15 is 0 Å². The lowest BCUT2D eigenvalue weighted by molar-refractivity contribution is -0.114. The summed E-state index contributed by atoms with van der Waals surface area (Å²) in [5.41, 5.74) is 2.50. The van der Waals surface area contributed by atoms with Crippen molar-refractivity contribution in [1.29, 1.82) is 0 Å². The van der Waals surface area contributed by atoms with Gasteiger partial charge in [0, 0.05) is 50.7 Å². The van der Waals surface area contributed by atoms with E-state index in [1.807, 2.05) is 0 Å². The van der Waals surface area contributed by atoms with Crippen molar-refractivity contribution in [3.05, 3.63) is 59.7 Å². The van der Waals surface area contributed by atoms with Gasteiger partial charge in [0.1, 0.15) is 0 Å². The topological polar surface area (TPSA) is 81.8 Å². The van der Waals surface area contributed by atoms with Crippen LogP contribution >= 0.6 is 0 Å². The molecule has 7 nitrogen and oxygen atoms in total. The van der Waals surface area contributed by atoms with E-state index in [0.29, 0.717) is 16.8 Å². The molecule has 0 aromatic heterocycles. The maximum atomic E-state index is 12.1. The van der Waals surface area contributed by atoms with Crippen LogP contribution in [0.25, 0.3) is 0 Å². The maximum absolute atomic E-state index is 12.1. The molecule has 0 unspecified atom stereocenters. The van der Waals surface area contributed by atoms with Gasteiger partial charge in [-0.1, -0.05) is 0 Å². The highest BCUT2D eigenvalue weighted by Crippen LogP contribution is 2.12. The molecule has 0 atom stereocenters. The SMILES string of the molecule is CN(C)C(=O)c1ccc(NCC(=O)Nc2ccc(C(=O)N(C)C)cc2)cc1. The lowest BCUT2D eigenvalue weighted by Gasteiger charge is -2.12. The molecule has 2 aromatic carbocycles. The number of amides is 3. The average molecular weight is 368 g/mol. The Morgan fingerprint density at radius 2 is 1.11 bits per heavy atom. The Labute approximate surface area is 159 Å². The molecule has 0 aliphatic heterocycles. The number of carbonyl (C=O) groups excluding carboxylic acids is 3. The quantitative estimate of drug-likeness (QED) is 0.819. The van der Waals surface area contributed by atoms with E-state index < -0.39 is 0 Å². The summed E-state index contributed by atoms with van der Waals surface area (Å²) in [4.78, 5) is 38.8. The highest BCUT2D eigenvalue weighted by atomic mass is 16.2. The predicted octanol–water partition coefficient (Wildman–Crippen LogP) is 2.14. The van der Waals surface area contributed by atoms with Crippen LogP contribution in [-0.4, -0.2) is 62.3 Å². The molecule has 2 N–H and O–H groups in total. The Balaban J connectivity index is 1.87. The molecule has 27 heavy (non-hydrogen) atoms. The maximum Gasteiger partial charge on any atom is 0.253 e. The molecule has 142 valence electrons. The number of hydrogen-bond donors (Lipinski definition) is 2. The summed E-state index contributed by atoms with van der Waals surface area (Å²) < 4.78 is 0. The normalized spacial score (nSPS) is 10.1. The number of nitrogens with one attached hydrogen (secondary N) is 2. The average Bonchev–Trinajstić information content (AvgIpc) is 2.66. The van der Waals surface area contributed by atoms with Crippen LogP contribution < -0.4 is 10.6 Å². The van der Waals surface area contributed by atoms with Gasteiger partial charge in [-0.3, -0.25) is 14.4 Å². The van der Waals surface area contributed by atoms with Crippen molar-refractivity contribution in [3.63, 3.8) is 0 Å². The van der Waals surface area contributed by atoms with Crippen molar-refractivity contribution < 1.29 is 14.4 Å². The third-order valence-electron chi connectivity index (χ3n) is 3.81. The molecular formula is C20H24N4O3. The molecular weight excluding hydrogens is 344 g/mol. The highest BCUT2D eigenvalue weighted by molar-refractivity contribution is 5.97. The first-order valence-electron chi connectivity index (χ1n) is 8.45. The number of anilines is 2. The first kappa shape index (κ1) is 20.0. The van der Waals surface area contributed by atoms with E-state index in [1.165, 1.54) is 9.80 Å². The zero-order valence-electron chi connectivity index (χ0n) is 15.9. The third kappa shape index (κ3) is 5.57. The number of rotatable bonds is 6. The van der Waals surface area contributed by atoms with E-state index in [9.17, 15) is 14.4 Å². The summed E-state index contributed by atoms with van der Waals surface area (Å²) >= 11 is 0. The number of carbonyl (C=O) groups is 3. The Morgan fingerprint density at radius 3 is 1.52 bits per heavy atom. The van der Waals surface area contributed by atoms with E-state index in [0.717, 1.165) is 5.69 Å².